The Kier molecular flexibility index (Phi) is 8.12. The first-order valence-corrected chi connectivity index (χ1v) is 6.18. The van der Waals surface area contributed by atoms with E-state index in [9.17, 15) is 4.79 Å². The first-order valence-electron chi connectivity index (χ1n) is 6.18. The van der Waals surface area contributed by atoms with Gasteiger partial charge in [-0.15, -0.1) is 0 Å². The average Bonchev–Trinajstić information content (AvgIpc) is 2.20. The fourth-order valence-corrected chi connectivity index (χ4v) is 1.60. The van der Waals surface area contributed by atoms with Crippen molar-refractivity contribution in [2.45, 2.75) is 26.3 Å². The van der Waals surface area contributed by atoms with Crippen LogP contribution in [0, 0.1) is 5.92 Å². The Balaban J connectivity index is 4.05. The molecule has 0 aliphatic heterocycles. The number of carboxylic acids is 1. The first kappa shape index (κ1) is 16.4. The Morgan fingerprint density at radius 2 is 1.82 bits per heavy atom. The molecule has 0 fully saturated rings. The molecule has 0 aromatic rings. The van der Waals surface area contributed by atoms with E-state index in [4.69, 9.17) is 10.8 Å². The molecule has 5 nitrogen and oxygen atoms in total. The van der Waals surface area contributed by atoms with Crippen molar-refractivity contribution in [1.82, 2.24) is 9.80 Å². The van der Waals surface area contributed by atoms with Crippen LogP contribution < -0.4 is 5.73 Å². The quantitative estimate of drug-likeness (QED) is 0.612. The summed E-state index contributed by atoms with van der Waals surface area (Å²) in [5.74, 6) is -0.333. The topological polar surface area (TPSA) is 69.8 Å². The molecule has 0 aromatic carbocycles. The third kappa shape index (κ3) is 9.09. The molecule has 0 saturated heterocycles. The maximum absolute atomic E-state index is 10.6. The molecule has 1 atom stereocenters. The zero-order valence-corrected chi connectivity index (χ0v) is 11.5. The molecule has 0 spiro atoms. The van der Waals surface area contributed by atoms with Gasteiger partial charge in [0.15, 0.2) is 0 Å². The van der Waals surface area contributed by atoms with Gasteiger partial charge < -0.3 is 20.6 Å². The van der Waals surface area contributed by atoms with E-state index in [1.807, 2.05) is 14.1 Å². The van der Waals surface area contributed by atoms with Crippen LogP contribution in [0.1, 0.15) is 20.3 Å². The Hall–Kier alpha value is -0.650. The van der Waals surface area contributed by atoms with Gasteiger partial charge in [0.1, 0.15) is 6.04 Å². The van der Waals surface area contributed by atoms with Crippen LogP contribution in [0.5, 0.6) is 0 Å². The van der Waals surface area contributed by atoms with E-state index in [1.165, 1.54) is 0 Å². The van der Waals surface area contributed by atoms with Crippen molar-refractivity contribution in [3.63, 3.8) is 0 Å². The molecular weight excluding hydrogens is 218 g/mol. The Bertz CT molecular complexity index is 220. The molecule has 0 aromatic heterocycles. The smallest absolute Gasteiger partial charge is 0.320 e. The van der Waals surface area contributed by atoms with E-state index >= 15 is 0 Å². The standard InChI is InChI=1S/C12H27N3O2/c1-10(2)9-15(8-7-14(3)4)6-5-11(13)12(16)17/h10-11H,5-9,13H2,1-4H3,(H,16,17). The van der Waals surface area contributed by atoms with Gasteiger partial charge in [-0.3, -0.25) is 4.79 Å². The number of nitrogens with zero attached hydrogens (tertiary/aromatic N) is 2. The van der Waals surface area contributed by atoms with E-state index in [-0.39, 0.29) is 0 Å². The fourth-order valence-electron chi connectivity index (χ4n) is 1.60. The summed E-state index contributed by atoms with van der Waals surface area (Å²) >= 11 is 0. The number of likely N-dealkylation sites (N-methyl/N-ethyl adjacent to an activating group) is 1. The predicted molar refractivity (Wildman–Crippen MR) is 70.1 cm³/mol. The van der Waals surface area contributed by atoms with Crippen LogP contribution in [0.15, 0.2) is 0 Å². The molecule has 0 saturated carbocycles. The molecule has 0 aliphatic rings. The highest BCUT2D eigenvalue weighted by Crippen LogP contribution is 2.01. The molecule has 3 N–H and O–H groups in total. The normalized spacial score (nSPS) is 13.6. The van der Waals surface area contributed by atoms with E-state index in [1.54, 1.807) is 0 Å². The van der Waals surface area contributed by atoms with Gasteiger partial charge in [0.2, 0.25) is 0 Å². The zero-order valence-electron chi connectivity index (χ0n) is 11.5. The highest BCUT2D eigenvalue weighted by atomic mass is 16.4. The summed E-state index contributed by atoms with van der Waals surface area (Å²) in [4.78, 5) is 15.1. The summed E-state index contributed by atoms with van der Waals surface area (Å²) in [6.45, 7) is 8.01. The lowest BCUT2D eigenvalue weighted by Gasteiger charge is -2.26. The highest BCUT2D eigenvalue weighted by molar-refractivity contribution is 5.72. The van der Waals surface area contributed by atoms with Crippen LogP contribution in [0.2, 0.25) is 0 Å². The maximum atomic E-state index is 10.6. The molecule has 17 heavy (non-hydrogen) atoms. The maximum Gasteiger partial charge on any atom is 0.320 e. The molecule has 0 radical (unpaired) electrons. The minimum absolute atomic E-state index is 0.509. The summed E-state index contributed by atoms with van der Waals surface area (Å²) in [5.41, 5.74) is 5.51. The lowest BCUT2D eigenvalue weighted by atomic mass is 10.1. The van der Waals surface area contributed by atoms with Gasteiger partial charge in [-0.25, -0.2) is 0 Å². The number of carboxylic acid groups (broad SMARTS) is 1. The van der Waals surface area contributed by atoms with Crippen molar-refractivity contribution < 1.29 is 9.90 Å². The predicted octanol–water partition coefficient (Wildman–Crippen LogP) is 0.308. The molecule has 5 heteroatoms. The molecule has 0 heterocycles. The molecule has 0 amide bonds. The zero-order chi connectivity index (χ0) is 13.4. The van der Waals surface area contributed by atoms with E-state index in [0.29, 0.717) is 12.3 Å². The Morgan fingerprint density at radius 3 is 2.24 bits per heavy atom. The van der Waals surface area contributed by atoms with Crippen LogP contribution in [0.25, 0.3) is 0 Å². The van der Waals surface area contributed by atoms with Gasteiger partial charge >= 0.3 is 5.97 Å². The van der Waals surface area contributed by atoms with Crippen LogP contribution in [-0.4, -0.2) is 67.2 Å². The minimum atomic E-state index is -0.915. The van der Waals surface area contributed by atoms with Crippen LogP contribution in [0.4, 0.5) is 0 Å². The third-order valence-electron chi connectivity index (χ3n) is 2.56. The van der Waals surface area contributed by atoms with Crippen molar-refractivity contribution >= 4 is 5.97 Å². The SMILES string of the molecule is CC(C)CN(CCC(N)C(=O)O)CCN(C)C. The second kappa shape index (κ2) is 8.44. The Labute approximate surface area is 105 Å². The second-order valence-electron chi connectivity index (χ2n) is 5.23. The van der Waals surface area contributed by atoms with Gasteiger partial charge in [0.25, 0.3) is 0 Å². The van der Waals surface area contributed by atoms with Crippen molar-refractivity contribution in [2.24, 2.45) is 11.7 Å². The summed E-state index contributed by atoms with van der Waals surface area (Å²) in [6, 6.07) is -0.746. The largest absolute Gasteiger partial charge is 0.480 e. The Morgan fingerprint density at radius 1 is 1.24 bits per heavy atom. The molecule has 0 rings (SSSR count). The van der Waals surface area contributed by atoms with Crippen molar-refractivity contribution in [3.8, 4) is 0 Å². The van der Waals surface area contributed by atoms with Crippen LogP contribution >= 0.6 is 0 Å². The van der Waals surface area contributed by atoms with E-state index in [0.717, 1.165) is 26.2 Å². The lowest BCUT2D eigenvalue weighted by Crippen LogP contribution is -2.39. The average molecular weight is 245 g/mol. The molecule has 0 bridgehead atoms. The summed E-state index contributed by atoms with van der Waals surface area (Å²) in [7, 11) is 4.08. The molecular formula is C12H27N3O2. The molecule has 1 unspecified atom stereocenters. The van der Waals surface area contributed by atoms with Crippen molar-refractivity contribution in [2.75, 3.05) is 40.3 Å². The fraction of sp³-hybridized carbons (Fsp3) is 0.917. The lowest BCUT2D eigenvalue weighted by molar-refractivity contribution is -0.138. The van der Waals surface area contributed by atoms with E-state index in [2.05, 4.69) is 23.6 Å². The van der Waals surface area contributed by atoms with E-state index < -0.39 is 12.0 Å². The second-order valence-corrected chi connectivity index (χ2v) is 5.23. The van der Waals surface area contributed by atoms with Gasteiger partial charge in [0, 0.05) is 26.2 Å². The van der Waals surface area contributed by atoms with Crippen molar-refractivity contribution in [3.05, 3.63) is 0 Å². The molecule has 102 valence electrons. The van der Waals surface area contributed by atoms with Gasteiger partial charge in [-0.05, 0) is 26.4 Å². The highest BCUT2D eigenvalue weighted by Gasteiger charge is 2.14. The van der Waals surface area contributed by atoms with Gasteiger partial charge in [0.05, 0.1) is 0 Å². The summed E-state index contributed by atoms with van der Waals surface area (Å²) in [6.07, 6.45) is 0.509. The van der Waals surface area contributed by atoms with Gasteiger partial charge in [-0.1, -0.05) is 13.8 Å². The van der Waals surface area contributed by atoms with Gasteiger partial charge in [-0.2, -0.15) is 0 Å². The summed E-state index contributed by atoms with van der Waals surface area (Å²) in [5, 5.41) is 8.74. The number of aliphatic carboxylic acids is 1. The third-order valence-corrected chi connectivity index (χ3v) is 2.56. The summed E-state index contributed by atoms with van der Waals surface area (Å²) < 4.78 is 0. The number of rotatable bonds is 9. The first-order chi connectivity index (χ1) is 7.82. The van der Waals surface area contributed by atoms with Crippen LogP contribution in [0.3, 0.4) is 0 Å². The van der Waals surface area contributed by atoms with Crippen molar-refractivity contribution in [1.29, 1.82) is 0 Å². The number of hydrogen-bond donors (Lipinski definition) is 2. The minimum Gasteiger partial charge on any atom is -0.480 e. The monoisotopic (exact) mass is 245 g/mol. The number of carbonyl (C=O) groups is 1. The van der Waals surface area contributed by atoms with Crippen LogP contribution in [-0.2, 0) is 4.79 Å². The number of hydrogen-bond acceptors (Lipinski definition) is 4. The molecule has 0 aliphatic carbocycles. The number of nitrogens with two attached hydrogens (primary N) is 1.